The molecule has 0 aromatic carbocycles. The molecule has 2 fully saturated rings. The Labute approximate surface area is 141 Å². The fourth-order valence-electron chi connectivity index (χ4n) is 3.91. The second kappa shape index (κ2) is 8.27. The topological polar surface area (TPSA) is 49.4 Å². The van der Waals surface area contributed by atoms with Crippen LogP contribution < -0.4 is 5.32 Å². The molecular formula is C19H34N2O2. The molecule has 4 nitrogen and oxygen atoms in total. The molecule has 0 aromatic rings. The maximum atomic E-state index is 12.9. The third-order valence-electron chi connectivity index (χ3n) is 5.92. The van der Waals surface area contributed by atoms with Gasteiger partial charge in [0.2, 0.25) is 5.91 Å². The Hall–Kier alpha value is -0.900. The highest BCUT2D eigenvalue weighted by Gasteiger charge is 2.40. The van der Waals surface area contributed by atoms with Crippen molar-refractivity contribution in [1.82, 2.24) is 10.2 Å². The number of likely N-dealkylation sites (tertiary alicyclic amines) is 1. The fourth-order valence-corrected chi connectivity index (χ4v) is 3.91. The van der Waals surface area contributed by atoms with Crippen molar-refractivity contribution in [2.75, 3.05) is 26.2 Å². The molecule has 1 aliphatic carbocycles. The van der Waals surface area contributed by atoms with Crippen molar-refractivity contribution in [3.8, 4) is 0 Å². The Morgan fingerprint density at radius 3 is 2.26 bits per heavy atom. The van der Waals surface area contributed by atoms with E-state index in [1.165, 1.54) is 12.8 Å². The summed E-state index contributed by atoms with van der Waals surface area (Å²) in [6.45, 7) is 10.1. The van der Waals surface area contributed by atoms with Crippen molar-refractivity contribution in [2.24, 2.45) is 17.3 Å². The van der Waals surface area contributed by atoms with Crippen LogP contribution in [0, 0.1) is 17.3 Å². The Morgan fingerprint density at radius 2 is 1.65 bits per heavy atom. The molecule has 1 amide bonds. The van der Waals surface area contributed by atoms with Crippen molar-refractivity contribution >= 4 is 11.7 Å². The van der Waals surface area contributed by atoms with E-state index < -0.39 is 0 Å². The maximum Gasteiger partial charge on any atom is 0.223 e. The lowest BCUT2D eigenvalue weighted by Crippen LogP contribution is -2.44. The molecule has 2 atom stereocenters. The van der Waals surface area contributed by atoms with Gasteiger partial charge in [-0.15, -0.1) is 0 Å². The van der Waals surface area contributed by atoms with E-state index in [2.05, 4.69) is 17.1 Å². The average molecular weight is 322 g/mol. The smallest absolute Gasteiger partial charge is 0.223 e. The van der Waals surface area contributed by atoms with E-state index in [1.807, 2.05) is 13.8 Å². The van der Waals surface area contributed by atoms with Crippen LogP contribution in [0.3, 0.4) is 0 Å². The summed E-state index contributed by atoms with van der Waals surface area (Å²) in [6.07, 6.45) is 7.29. The van der Waals surface area contributed by atoms with E-state index >= 15 is 0 Å². The Kier molecular flexibility index (Phi) is 6.63. The van der Waals surface area contributed by atoms with Gasteiger partial charge in [-0.1, -0.05) is 33.6 Å². The van der Waals surface area contributed by atoms with Crippen molar-refractivity contribution in [3.05, 3.63) is 0 Å². The van der Waals surface area contributed by atoms with Crippen molar-refractivity contribution in [2.45, 2.75) is 65.7 Å². The number of amides is 1. The molecule has 0 aromatic heterocycles. The van der Waals surface area contributed by atoms with Gasteiger partial charge >= 0.3 is 0 Å². The molecule has 0 bridgehead atoms. The zero-order chi connectivity index (χ0) is 16.9. The summed E-state index contributed by atoms with van der Waals surface area (Å²) in [5.41, 5.74) is -0.309. The Bertz CT molecular complexity index is 414. The molecule has 4 heteroatoms. The Balaban J connectivity index is 1.88. The first kappa shape index (κ1) is 18.4. The van der Waals surface area contributed by atoms with Gasteiger partial charge in [0.05, 0.1) is 0 Å². The van der Waals surface area contributed by atoms with Gasteiger partial charge in [0, 0.05) is 30.3 Å². The second-order valence-corrected chi connectivity index (χ2v) is 7.94. The monoisotopic (exact) mass is 322 g/mol. The molecule has 1 N–H and O–H groups in total. The van der Waals surface area contributed by atoms with Crippen LogP contribution >= 0.6 is 0 Å². The van der Waals surface area contributed by atoms with E-state index in [1.54, 1.807) is 0 Å². The highest BCUT2D eigenvalue weighted by Crippen LogP contribution is 2.37. The maximum absolute atomic E-state index is 12.9. The van der Waals surface area contributed by atoms with Crippen molar-refractivity contribution in [3.63, 3.8) is 0 Å². The van der Waals surface area contributed by atoms with Gasteiger partial charge in [0.25, 0.3) is 0 Å². The third kappa shape index (κ3) is 4.79. The quantitative estimate of drug-likeness (QED) is 0.784. The van der Waals surface area contributed by atoms with Gasteiger partial charge in [-0.2, -0.15) is 0 Å². The molecule has 2 aliphatic rings. The molecule has 1 saturated heterocycles. The first-order valence-electron chi connectivity index (χ1n) is 9.50. The zero-order valence-electron chi connectivity index (χ0n) is 15.2. The minimum atomic E-state index is -0.309. The molecule has 1 saturated carbocycles. The number of rotatable bonds is 7. The minimum absolute atomic E-state index is 0.0783. The molecule has 0 spiro atoms. The third-order valence-corrected chi connectivity index (χ3v) is 5.92. The minimum Gasteiger partial charge on any atom is -0.355 e. The van der Waals surface area contributed by atoms with Crippen LogP contribution in [0.1, 0.15) is 65.7 Å². The van der Waals surface area contributed by atoms with Gasteiger partial charge in [-0.25, -0.2) is 0 Å². The molecule has 2 rings (SSSR count). The lowest BCUT2D eigenvalue weighted by molar-refractivity contribution is -0.140. The first-order valence-corrected chi connectivity index (χ1v) is 9.50. The van der Waals surface area contributed by atoms with Crippen LogP contribution in [0.15, 0.2) is 0 Å². The summed E-state index contributed by atoms with van der Waals surface area (Å²) in [7, 11) is 0. The average Bonchev–Trinajstić information content (AvgIpc) is 3.07. The van der Waals surface area contributed by atoms with Crippen LogP contribution in [-0.2, 0) is 9.59 Å². The predicted molar refractivity (Wildman–Crippen MR) is 93.2 cm³/mol. The number of hydrogen-bond donors (Lipinski definition) is 1. The highest BCUT2D eigenvalue weighted by atomic mass is 16.2. The predicted octanol–water partition coefficient (Wildman–Crippen LogP) is 3.01. The number of nitrogens with one attached hydrogen (secondary N) is 1. The van der Waals surface area contributed by atoms with Gasteiger partial charge in [-0.05, 0) is 45.2 Å². The number of ketones is 1. The number of carbonyl (C=O) groups excluding carboxylic acids is 2. The summed E-state index contributed by atoms with van der Waals surface area (Å²) in [5.74, 6) is 0.208. The first-order chi connectivity index (χ1) is 11.0. The Morgan fingerprint density at radius 1 is 1.04 bits per heavy atom. The number of carbonyl (C=O) groups is 2. The van der Waals surface area contributed by atoms with Crippen LogP contribution in [0.4, 0.5) is 0 Å². The van der Waals surface area contributed by atoms with E-state index in [4.69, 9.17) is 0 Å². The molecule has 1 aliphatic heterocycles. The van der Waals surface area contributed by atoms with E-state index in [0.717, 1.165) is 51.7 Å². The molecular weight excluding hydrogens is 288 g/mol. The zero-order valence-corrected chi connectivity index (χ0v) is 15.2. The molecule has 23 heavy (non-hydrogen) atoms. The highest BCUT2D eigenvalue weighted by molar-refractivity contribution is 5.92. The van der Waals surface area contributed by atoms with Gasteiger partial charge in [0.1, 0.15) is 5.78 Å². The van der Waals surface area contributed by atoms with Gasteiger partial charge < -0.3 is 10.2 Å². The van der Waals surface area contributed by atoms with Gasteiger partial charge in [-0.3, -0.25) is 9.59 Å². The van der Waals surface area contributed by atoms with Crippen LogP contribution in [0.25, 0.3) is 0 Å². The fraction of sp³-hybridized carbons (Fsp3) is 0.895. The largest absolute Gasteiger partial charge is 0.355 e. The second-order valence-electron chi connectivity index (χ2n) is 7.94. The van der Waals surface area contributed by atoms with Crippen LogP contribution in [-0.4, -0.2) is 42.8 Å². The summed E-state index contributed by atoms with van der Waals surface area (Å²) in [5, 5.41) is 3.10. The SMILES string of the molecule is CCC(C)(C)C(=O)[C@H]1CCCC[C@H]1C(=O)NCCN1CCCC1. The lowest BCUT2D eigenvalue weighted by atomic mass is 9.69. The summed E-state index contributed by atoms with van der Waals surface area (Å²) < 4.78 is 0. The molecule has 132 valence electrons. The van der Waals surface area contributed by atoms with E-state index in [0.29, 0.717) is 12.3 Å². The summed E-state index contributed by atoms with van der Waals surface area (Å²) in [4.78, 5) is 27.9. The number of nitrogens with zero attached hydrogens (tertiary/aromatic N) is 1. The van der Waals surface area contributed by atoms with Gasteiger partial charge in [0.15, 0.2) is 0 Å². The van der Waals surface area contributed by atoms with Crippen molar-refractivity contribution < 1.29 is 9.59 Å². The van der Waals surface area contributed by atoms with Crippen LogP contribution in [0.5, 0.6) is 0 Å². The molecule has 0 radical (unpaired) electrons. The van der Waals surface area contributed by atoms with Crippen LogP contribution in [0.2, 0.25) is 0 Å². The molecule has 0 unspecified atom stereocenters. The number of Topliss-reactive ketones (excluding diaryl/α,β-unsaturated/α-hetero) is 1. The van der Waals surface area contributed by atoms with Crippen molar-refractivity contribution in [1.29, 1.82) is 0 Å². The summed E-state index contributed by atoms with van der Waals surface area (Å²) >= 11 is 0. The lowest BCUT2D eigenvalue weighted by Gasteiger charge is -2.34. The normalized spacial score (nSPS) is 26.2. The van der Waals surface area contributed by atoms with E-state index in [9.17, 15) is 9.59 Å². The standard InChI is InChI=1S/C19H34N2O2/c1-4-19(2,3)17(22)15-9-5-6-10-16(15)18(23)20-11-14-21-12-7-8-13-21/h15-16H,4-14H2,1-3H3,(H,20,23)/t15-,16+/m0/s1. The molecule has 1 heterocycles. The van der Waals surface area contributed by atoms with E-state index in [-0.39, 0.29) is 23.2 Å². The number of hydrogen-bond acceptors (Lipinski definition) is 3. The summed E-state index contributed by atoms with van der Waals surface area (Å²) in [6, 6.07) is 0.